The molecule has 5 rings (SSSR count). The number of aromatic nitrogens is 2. The number of piperidine rings is 1. The molecule has 1 aromatic heterocycles. The Hall–Kier alpha value is -3.29. The summed E-state index contributed by atoms with van der Waals surface area (Å²) in [6, 6.07) is 19.6. The maximum Gasteiger partial charge on any atom is 0.326 e. The van der Waals surface area contributed by atoms with E-state index in [0.717, 1.165) is 49.9 Å². The number of rotatable bonds is 7. The molecule has 1 aliphatic heterocycles. The molecular formula is C28H29F2N3O2. The zero-order chi connectivity index (χ0) is 24.4. The molecule has 5 nitrogen and oxygen atoms in total. The Morgan fingerprint density at radius 1 is 0.857 bits per heavy atom. The first kappa shape index (κ1) is 23.5. The smallest absolute Gasteiger partial charge is 0.326 e. The van der Waals surface area contributed by atoms with E-state index in [9.17, 15) is 18.7 Å². The largest absolute Gasteiger partial charge is 0.380 e. The highest BCUT2D eigenvalue weighted by molar-refractivity contribution is 5.74. The van der Waals surface area contributed by atoms with E-state index >= 15 is 0 Å². The monoisotopic (exact) mass is 477 g/mol. The van der Waals surface area contributed by atoms with Crippen molar-refractivity contribution in [3.05, 3.63) is 106 Å². The predicted molar refractivity (Wildman–Crippen MR) is 132 cm³/mol. The molecule has 0 bridgehead atoms. The molecule has 0 atom stereocenters. The molecule has 1 aliphatic rings. The number of nitrogens with zero attached hydrogens (tertiary/aromatic N) is 2. The van der Waals surface area contributed by atoms with Crippen LogP contribution in [0.25, 0.3) is 11.0 Å². The number of fused-ring (bicyclic) bond motifs is 1. The second-order valence-electron chi connectivity index (χ2n) is 9.35. The minimum atomic E-state index is -1.33. The number of hydrogen-bond acceptors (Lipinski definition) is 3. The minimum Gasteiger partial charge on any atom is -0.380 e. The Morgan fingerprint density at radius 2 is 1.43 bits per heavy atom. The van der Waals surface area contributed by atoms with E-state index in [2.05, 4.69) is 9.88 Å². The van der Waals surface area contributed by atoms with E-state index < -0.39 is 5.60 Å². The second-order valence-corrected chi connectivity index (χ2v) is 9.35. The molecule has 1 fully saturated rings. The van der Waals surface area contributed by atoms with Crippen LogP contribution in [-0.4, -0.2) is 39.2 Å². The van der Waals surface area contributed by atoms with E-state index in [1.165, 1.54) is 24.3 Å². The molecule has 35 heavy (non-hydrogen) atoms. The first-order chi connectivity index (χ1) is 16.9. The van der Waals surface area contributed by atoms with Crippen molar-refractivity contribution in [3.8, 4) is 0 Å². The van der Waals surface area contributed by atoms with Gasteiger partial charge < -0.3 is 15.0 Å². The summed E-state index contributed by atoms with van der Waals surface area (Å²) in [5.41, 5.74) is 1.57. The Bertz CT molecular complexity index is 1290. The van der Waals surface area contributed by atoms with Crippen molar-refractivity contribution >= 4 is 11.0 Å². The van der Waals surface area contributed by atoms with Crippen LogP contribution >= 0.6 is 0 Å². The average Bonchev–Trinajstić information content (AvgIpc) is 3.20. The lowest BCUT2D eigenvalue weighted by molar-refractivity contribution is -0.0144. The summed E-state index contributed by atoms with van der Waals surface area (Å²) >= 11 is 0. The normalized spacial score (nSPS) is 15.6. The fraction of sp³-hybridized carbons (Fsp3) is 0.321. The van der Waals surface area contributed by atoms with Gasteiger partial charge in [0.25, 0.3) is 0 Å². The van der Waals surface area contributed by atoms with Gasteiger partial charge in [0.1, 0.15) is 17.2 Å². The Morgan fingerprint density at radius 3 is 2.03 bits per heavy atom. The number of likely N-dealkylation sites (tertiary alicyclic amines) is 1. The molecule has 2 N–H and O–H groups in total. The first-order valence-corrected chi connectivity index (χ1v) is 12.1. The molecule has 0 radical (unpaired) electrons. The van der Waals surface area contributed by atoms with Gasteiger partial charge in [-0.15, -0.1) is 0 Å². The molecular weight excluding hydrogens is 448 g/mol. The number of halogens is 2. The molecule has 0 aliphatic carbocycles. The Kier molecular flexibility index (Phi) is 6.54. The first-order valence-electron chi connectivity index (χ1n) is 12.1. The zero-order valence-electron chi connectivity index (χ0n) is 19.5. The van der Waals surface area contributed by atoms with Crippen LogP contribution in [0.15, 0.2) is 77.6 Å². The van der Waals surface area contributed by atoms with Crippen LogP contribution in [0, 0.1) is 17.6 Å². The Labute approximate surface area is 202 Å². The van der Waals surface area contributed by atoms with Crippen molar-refractivity contribution in [1.29, 1.82) is 0 Å². The van der Waals surface area contributed by atoms with Crippen molar-refractivity contribution in [1.82, 2.24) is 14.5 Å². The molecule has 0 unspecified atom stereocenters. The van der Waals surface area contributed by atoms with Gasteiger partial charge in [0.15, 0.2) is 0 Å². The predicted octanol–water partition coefficient (Wildman–Crippen LogP) is 4.65. The number of hydrogen-bond donors (Lipinski definition) is 2. The lowest BCUT2D eigenvalue weighted by atomic mass is 9.72. The van der Waals surface area contributed by atoms with Crippen LogP contribution in [0.5, 0.6) is 0 Å². The van der Waals surface area contributed by atoms with Gasteiger partial charge in [-0.05, 0) is 92.3 Å². The van der Waals surface area contributed by atoms with Gasteiger partial charge in [0, 0.05) is 6.54 Å². The van der Waals surface area contributed by atoms with Gasteiger partial charge in [0.2, 0.25) is 0 Å². The fourth-order valence-corrected chi connectivity index (χ4v) is 5.40. The number of para-hydroxylation sites is 2. The number of benzene rings is 3. The van der Waals surface area contributed by atoms with Gasteiger partial charge in [0.05, 0.1) is 11.0 Å². The molecule has 3 aromatic carbocycles. The summed E-state index contributed by atoms with van der Waals surface area (Å²) in [5.74, 6) is -0.815. The summed E-state index contributed by atoms with van der Waals surface area (Å²) < 4.78 is 29.0. The third kappa shape index (κ3) is 4.66. The van der Waals surface area contributed by atoms with Crippen LogP contribution in [0.2, 0.25) is 0 Å². The van der Waals surface area contributed by atoms with Gasteiger partial charge >= 0.3 is 5.69 Å². The van der Waals surface area contributed by atoms with Crippen LogP contribution in [0.3, 0.4) is 0 Å². The van der Waals surface area contributed by atoms with Crippen molar-refractivity contribution in [2.75, 3.05) is 19.6 Å². The van der Waals surface area contributed by atoms with E-state index in [1.54, 1.807) is 28.8 Å². The molecule has 1 saturated heterocycles. The van der Waals surface area contributed by atoms with E-state index in [0.29, 0.717) is 17.7 Å². The second kappa shape index (κ2) is 9.76. The summed E-state index contributed by atoms with van der Waals surface area (Å²) in [6.07, 6.45) is 2.34. The van der Waals surface area contributed by atoms with Crippen molar-refractivity contribution in [2.24, 2.45) is 5.92 Å². The van der Waals surface area contributed by atoms with Gasteiger partial charge in [-0.2, -0.15) is 0 Å². The molecule has 4 aromatic rings. The highest BCUT2D eigenvalue weighted by Gasteiger charge is 2.41. The zero-order valence-corrected chi connectivity index (χ0v) is 19.5. The van der Waals surface area contributed by atoms with Crippen LogP contribution < -0.4 is 5.69 Å². The summed E-state index contributed by atoms with van der Waals surface area (Å²) in [7, 11) is 0. The standard InChI is InChI=1S/C28H29F2N3O2/c29-23-10-6-20(7-11-23)28(35,21-8-12-24(30)13-9-21)22-14-18-32(19-15-22)16-3-17-33-26-5-2-1-4-25(26)31-27(33)34/h1-2,4-13,22,35H,3,14-19H2,(H,31,34). The maximum absolute atomic E-state index is 13.6. The van der Waals surface area contributed by atoms with Gasteiger partial charge in [-0.1, -0.05) is 36.4 Å². The number of aromatic amines is 1. The van der Waals surface area contributed by atoms with E-state index in [4.69, 9.17) is 0 Å². The number of imidazole rings is 1. The minimum absolute atomic E-state index is 0.0893. The third-order valence-electron chi connectivity index (χ3n) is 7.28. The molecule has 2 heterocycles. The van der Waals surface area contributed by atoms with E-state index in [-0.39, 0.29) is 23.2 Å². The molecule has 0 saturated carbocycles. The fourth-order valence-electron chi connectivity index (χ4n) is 5.40. The van der Waals surface area contributed by atoms with E-state index in [1.807, 2.05) is 24.3 Å². The number of aliphatic hydroxyl groups is 1. The Balaban J connectivity index is 1.26. The number of H-pyrrole nitrogens is 1. The summed E-state index contributed by atoms with van der Waals surface area (Å²) in [6.45, 7) is 3.10. The van der Waals surface area contributed by atoms with Gasteiger partial charge in [-0.25, -0.2) is 13.6 Å². The summed E-state index contributed by atoms with van der Waals surface area (Å²) in [5, 5.41) is 12.0. The van der Waals surface area contributed by atoms with Crippen molar-refractivity contribution in [2.45, 2.75) is 31.4 Å². The lowest BCUT2D eigenvalue weighted by Crippen LogP contribution is -2.44. The van der Waals surface area contributed by atoms with Gasteiger partial charge in [-0.3, -0.25) is 4.57 Å². The number of nitrogens with one attached hydrogen (secondary N) is 1. The topological polar surface area (TPSA) is 61.3 Å². The number of aryl methyl sites for hydroxylation is 1. The van der Waals surface area contributed by atoms with Crippen LogP contribution in [0.4, 0.5) is 8.78 Å². The maximum atomic E-state index is 13.6. The quantitative estimate of drug-likeness (QED) is 0.408. The molecule has 182 valence electrons. The van der Waals surface area contributed by atoms with Crippen molar-refractivity contribution in [3.63, 3.8) is 0 Å². The molecule has 7 heteroatoms. The van der Waals surface area contributed by atoms with Crippen LogP contribution in [-0.2, 0) is 12.1 Å². The lowest BCUT2D eigenvalue weighted by Gasteiger charge is -2.42. The average molecular weight is 478 g/mol. The van der Waals surface area contributed by atoms with Crippen molar-refractivity contribution < 1.29 is 13.9 Å². The highest BCUT2D eigenvalue weighted by Crippen LogP contribution is 2.42. The highest BCUT2D eigenvalue weighted by atomic mass is 19.1. The van der Waals surface area contributed by atoms with Crippen LogP contribution in [0.1, 0.15) is 30.4 Å². The summed E-state index contributed by atoms with van der Waals surface area (Å²) in [4.78, 5) is 17.6. The SMILES string of the molecule is O=c1[nH]c2ccccc2n1CCCN1CCC(C(O)(c2ccc(F)cc2)c2ccc(F)cc2)CC1. The third-order valence-corrected chi connectivity index (χ3v) is 7.28. The molecule has 0 spiro atoms. The molecule has 0 amide bonds.